The Morgan fingerprint density at radius 1 is 1.09 bits per heavy atom. The highest BCUT2D eigenvalue weighted by Crippen LogP contribution is 2.30. The van der Waals surface area contributed by atoms with Gasteiger partial charge in [0.1, 0.15) is 0 Å². The van der Waals surface area contributed by atoms with E-state index in [1.165, 1.54) is 6.08 Å². The molecule has 3 N–H and O–H groups in total. The minimum atomic E-state index is -2.01. The number of anilines is 2. The fourth-order valence-corrected chi connectivity index (χ4v) is 2.06. The predicted molar refractivity (Wildman–Crippen MR) is 98.9 cm³/mol. The Balaban J connectivity index is 2.43. The minimum absolute atomic E-state index is 0.499. The molecule has 0 aliphatic carbocycles. The molecule has 120 valence electrons. The molecule has 0 bridgehead atoms. The Morgan fingerprint density at radius 2 is 1.70 bits per heavy atom. The topological polar surface area (TPSA) is 55.1 Å². The maximum atomic E-state index is 12.0. The number of carbonyl (C=O) groups excluding carboxylic acids is 1. The van der Waals surface area contributed by atoms with Crippen LogP contribution in [0, 0.1) is 6.92 Å². The number of nitrogens with one attached hydrogen (secondary N) is 1. The molecule has 0 saturated carbocycles. The van der Waals surface area contributed by atoms with E-state index in [4.69, 9.17) is 40.5 Å². The van der Waals surface area contributed by atoms with E-state index in [0.29, 0.717) is 17.1 Å². The fraction of sp³-hybridized carbons (Fsp3) is 0.118. The van der Waals surface area contributed by atoms with E-state index in [1.807, 2.05) is 43.3 Å². The van der Waals surface area contributed by atoms with E-state index in [1.54, 1.807) is 12.1 Å². The molecule has 2 rings (SSSR count). The van der Waals surface area contributed by atoms with Gasteiger partial charge in [-0.05, 0) is 24.6 Å². The zero-order valence-corrected chi connectivity index (χ0v) is 14.6. The number of hydrogen-bond acceptors (Lipinski definition) is 3. The number of para-hydroxylation sites is 2. The van der Waals surface area contributed by atoms with Crippen LogP contribution in [-0.4, -0.2) is 9.58 Å². The van der Waals surface area contributed by atoms with Crippen molar-refractivity contribution in [3.8, 4) is 0 Å². The van der Waals surface area contributed by atoms with Crippen molar-refractivity contribution in [1.82, 2.24) is 0 Å². The fourth-order valence-electron chi connectivity index (χ4n) is 1.89. The van der Waals surface area contributed by atoms with Crippen molar-refractivity contribution in [2.75, 3.05) is 11.1 Å². The molecule has 2 aromatic rings. The van der Waals surface area contributed by atoms with Gasteiger partial charge >= 0.3 is 0 Å². The van der Waals surface area contributed by atoms with Crippen LogP contribution in [0.3, 0.4) is 0 Å². The molecule has 23 heavy (non-hydrogen) atoms. The largest absolute Gasteiger partial charge is 0.397 e. The number of alkyl halides is 3. The molecule has 0 atom stereocenters. The summed E-state index contributed by atoms with van der Waals surface area (Å²) >= 11 is 17.0. The molecule has 0 heterocycles. The summed E-state index contributed by atoms with van der Waals surface area (Å²) in [5.74, 6) is -0.639. The van der Waals surface area contributed by atoms with Crippen molar-refractivity contribution in [2.45, 2.75) is 10.7 Å². The molecule has 0 amide bonds. The third-order valence-corrected chi connectivity index (χ3v) is 3.71. The van der Waals surface area contributed by atoms with Crippen molar-refractivity contribution in [1.29, 1.82) is 0 Å². The van der Waals surface area contributed by atoms with Crippen molar-refractivity contribution in [3.05, 3.63) is 65.7 Å². The number of benzene rings is 2. The van der Waals surface area contributed by atoms with E-state index >= 15 is 0 Å². The van der Waals surface area contributed by atoms with Gasteiger partial charge in [0.2, 0.25) is 5.78 Å². The Kier molecular flexibility index (Phi) is 5.58. The van der Waals surface area contributed by atoms with Crippen LogP contribution in [0.15, 0.2) is 54.6 Å². The summed E-state index contributed by atoms with van der Waals surface area (Å²) in [4.78, 5) is 12.0. The van der Waals surface area contributed by atoms with Gasteiger partial charge in [-0.15, -0.1) is 0 Å². The third-order valence-electron chi connectivity index (χ3n) is 3.15. The van der Waals surface area contributed by atoms with Crippen LogP contribution in [0.1, 0.15) is 11.1 Å². The lowest BCUT2D eigenvalue weighted by Crippen LogP contribution is -2.17. The van der Waals surface area contributed by atoms with Gasteiger partial charge in [-0.25, -0.2) is 0 Å². The highest BCUT2D eigenvalue weighted by Gasteiger charge is 2.29. The smallest absolute Gasteiger partial charge is 0.252 e. The van der Waals surface area contributed by atoms with E-state index in [9.17, 15) is 4.79 Å². The van der Waals surface area contributed by atoms with Gasteiger partial charge in [0, 0.05) is 11.8 Å². The van der Waals surface area contributed by atoms with Gasteiger partial charge in [-0.2, -0.15) is 0 Å². The number of rotatable bonds is 4. The molecule has 0 unspecified atom stereocenters. The third kappa shape index (κ3) is 4.90. The summed E-state index contributed by atoms with van der Waals surface area (Å²) in [6.45, 7) is 1.97. The van der Waals surface area contributed by atoms with Crippen LogP contribution in [0.5, 0.6) is 0 Å². The second-order valence-electron chi connectivity index (χ2n) is 5.00. The Hall–Kier alpha value is -1.68. The molecule has 0 saturated heterocycles. The number of ketones is 1. The Bertz CT molecular complexity index is 734. The molecule has 2 aromatic carbocycles. The van der Waals surface area contributed by atoms with Crippen LogP contribution in [0.25, 0.3) is 5.70 Å². The first kappa shape index (κ1) is 17.7. The standard InChI is InChI=1S/C17H15Cl3N2O/c1-11-6-8-12(9-7-11)15(10-16(23)17(18,19)20)22-14-5-3-2-4-13(14)21/h2-10,22H,21H2,1H3/b15-10+. The number of allylic oxidation sites excluding steroid dienone is 1. The summed E-state index contributed by atoms with van der Waals surface area (Å²) in [5, 5.41) is 3.13. The maximum Gasteiger partial charge on any atom is 0.252 e. The summed E-state index contributed by atoms with van der Waals surface area (Å²) in [6, 6.07) is 14.8. The first-order chi connectivity index (χ1) is 10.8. The lowest BCUT2D eigenvalue weighted by Gasteiger charge is -2.15. The lowest BCUT2D eigenvalue weighted by molar-refractivity contribution is -0.113. The first-order valence-electron chi connectivity index (χ1n) is 6.79. The van der Waals surface area contributed by atoms with Gasteiger partial charge in [-0.3, -0.25) is 4.79 Å². The number of nitrogen functional groups attached to an aromatic ring is 1. The van der Waals surface area contributed by atoms with Crippen LogP contribution in [0.2, 0.25) is 0 Å². The number of nitrogens with two attached hydrogens (primary N) is 1. The van der Waals surface area contributed by atoms with Gasteiger partial charge in [-0.1, -0.05) is 76.8 Å². The molecule has 0 aromatic heterocycles. The highest BCUT2D eigenvalue weighted by atomic mass is 35.6. The monoisotopic (exact) mass is 368 g/mol. The zero-order valence-electron chi connectivity index (χ0n) is 12.3. The molecule has 0 spiro atoms. The van der Waals surface area contributed by atoms with Crippen LogP contribution in [-0.2, 0) is 4.79 Å². The molecule has 0 radical (unpaired) electrons. The minimum Gasteiger partial charge on any atom is -0.397 e. The van der Waals surface area contributed by atoms with Gasteiger partial charge in [0.15, 0.2) is 0 Å². The summed E-state index contributed by atoms with van der Waals surface area (Å²) < 4.78 is -2.01. The second-order valence-corrected chi connectivity index (χ2v) is 7.28. The maximum absolute atomic E-state index is 12.0. The van der Waals surface area contributed by atoms with Gasteiger partial charge in [0.25, 0.3) is 3.79 Å². The average Bonchev–Trinajstić information content (AvgIpc) is 2.48. The molecular weight excluding hydrogens is 355 g/mol. The van der Waals surface area contributed by atoms with Crippen LogP contribution in [0.4, 0.5) is 11.4 Å². The molecule has 3 nitrogen and oxygen atoms in total. The summed E-state index contributed by atoms with van der Waals surface area (Å²) in [7, 11) is 0. The van der Waals surface area contributed by atoms with Crippen molar-refractivity contribution >= 4 is 57.7 Å². The number of hydrogen-bond donors (Lipinski definition) is 2. The van der Waals surface area contributed by atoms with Crippen molar-refractivity contribution in [2.24, 2.45) is 0 Å². The second kappa shape index (κ2) is 7.26. The van der Waals surface area contributed by atoms with Crippen LogP contribution < -0.4 is 11.1 Å². The SMILES string of the molecule is Cc1ccc(/C(=C\C(=O)C(Cl)(Cl)Cl)Nc2ccccc2N)cc1. The quantitative estimate of drug-likeness (QED) is 0.454. The lowest BCUT2D eigenvalue weighted by atomic mass is 10.1. The summed E-state index contributed by atoms with van der Waals surface area (Å²) in [5.41, 5.74) is 9.52. The summed E-state index contributed by atoms with van der Waals surface area (Å²) in [6.07, 6.45) is 1.27. The molecule has 0 aliphatic rings. The van der Waals surface area contributed by atoms with Crippen LogP contribution >= 0.6 is 34.8 Å². The molecule has 6 heteroatoms. The Morgan fingerprint density at radius 3 is 2.26 bits per heavy atom. The Labute approximate surface area is 150 Å². The van der Waals surface area contributed by atoms with E-state index in [-0.39, 0.29) is 0 Å². The van der Waals surface area contributed by atoms with Gasteiger partial charge < -0.3 is 11.1 Å². The van der Waals surface area contributed by atoms with Crippen molar-refractivity contribution < 1.29 is 4.79 Å². The normalized spacial score (nSPS) is 12.1. The van der Waals surface area contributed by atoms with Gasteiger partial charge in [0.05, 0.1) is 11.4 Å². The number of aryl methyl sites for hydroxylation is 1. The van der Waals surface area contributed by atoms with E-state index in [0.717, 1.165) is 11.1 Å². The average molecular weight is 370 g/mol. The number of carbonyl (C=O) groups is 1. The molecule has 0 aliphatic heterocycles. The zero-order chi connectivity index (χ0) is 17.0. The molecular formula is C17H15Cl3N2O. The van der Waals surface area contributed by atoms with E-state index in [2.05, 4.69) is 5.32 Å². The number of halogens is 3. The predicted octanol–water partition coefficient (Wildman–Crippen LogP) is 4.97. The highest BCUT2D eigenvalue weighted by molar-refractivity contribution is 6.77. The molecule has 0 fully saturated rings. The van der Waals surface area contributed by atoms with E-state index < -0.39 is 9.58 Å². The van der Waals surface area contributed by atoms with Crippen molar-refractivity contribution in [3.63, 3.8) is 0 Å². The first-order valence-corrected chi connectivity index (χ1v) is 7.92.